The fourth-order valence-corrected chi connectivity index (χ4v) is 2.70. The summed E-state index contributed by atoms with van der Waals surface area (Å²) in [5.41, 5.74) is 10.3. The van der Waals surface area contributed by atoms with Crippen molar-refractivity contribution in [3.05, 3.63) is 23.8 Å². The molecule has 2 aliphatic rings. The maximum atomic E-state index is 14.6. The number of aliphatic imine (C=N–C) groups is 1. The highest BCUT2D eigenvalue weighted by Gasteiger charge is 2.58. The Labute approximate surface area is 114 Å². The topological polar surface area (TPSA) is 82.9 Å². The van der Waals surface area contributed by atoms with Gasteiger partial charge in [0.25, 0.3) is 5.92 Å². The van der Waals surface area contributed by atoms with Crippen molar-refractivity contribution in [2.75, 3.05) is 25.6 Å². The van der Waals surface area contributed by atoms with E-state index in [1.54, 1.807) is 12.1 Å². The normalized spacial score (nSPS) is 28.2. The minimum absolute atomic E-state index is 0.0283. The SMILES string of the molecule is NC1=N[C@@]2(CCOc3ccc(N)cc32)C(F)(F)COC1. The van der Waals surface area contributed by atoms with Crippen molar-refractivity contribution in [3.63, 3.8) is 0 Å². The van der Waals surface area contributed by atoms with Crippen molar-refractivity contribution >= 4 is 11.5 Å². The highest BCUT2D eigenvalue weighted by atomic mass is 19.3. The van der Waals surface area contributed by atoms with Gasteiger partial charge in [-0.3, -0.25) is 4.99 Å². The number of fused-ring (bicyclic) bond motifs is 2. The molecule has 1 spiro atoms. The quantitative estimate of drug-likeness (QED) is 0.702. The first-order valence-corrected chi connectivity index (χ1v) is 6.27. The predicted molar refractivity (Wildman–Crippen MR) is 70.0 cm³/mol. The molecule has 2 aliphatic heterocycles. The van der Waals surface area contributed by atoms with Crippen LogP contribution in [0, 0.1) is 0 Å². The number of rotatable bonds is 0. The lowest BCUT2D eigenvalue weighted by molar-refractivity contribution is -0.129. The first-order valence-electron chi connectivity index (χ1n) is 6.27. The third-order valence-corrected chi connectivity index (χ3v) is 3.64. The molecule has 0 aromatic heterocycles. The number of alkyl halides is 2. The van der Waals surface area contributed by atoms with E-state index in [0.717, 1.165) is 0 Å². The molecular formula is C13H15F2N3O2. The summed E-state index contributed by atoms with van der Waals surface area (Å²) in [6, 6.07) is 4.67. The molecule has 108 valence electrons. The molecule has 0 saturated carbocycles. The van der Waals surface area contributed by atoms with E-state index >= 15 is 0 Å². The van der Waals surface area contributed by atoms with Crippen LogP contribution in [-0.4, -0.2) is 31.6 Å². The highest BCUT2D eigenvalue weighted by Crippen LogP contribution is 2.51. The Hall–Kier alpha value is -1.89. The summed E-state index contributed by atoms with van der Waals surface area (Å²) < 4.78 is 39.6. The van der Waals surface area contributed by atoms with Crippen LogP contribution in [0.2, 0.25) is 0 Å². The second-order valence-corrected chi connectivity index (χ2v) is 5.01. The number of anilines is 1. The lowest BCUT2D eigenvalue weighted by atomic mass is 9.79. The van der Waals surface area contributed by atoms with Crippen LogP contribution in [0.25, 0.3) is 0 Å². The minimum atomic E-state index is -3.18. The van der Waals surface area contributed by atoms with Crippen LogP contribution in [0.3, 0.4) is 0 Å². The van der Waals surface area contributed by atoms with Gasteiger partial charge in [-0.15, -0.1) is 0 Å². The van der Waals surface area contributed by atoms with Gasteiger partial charge in [0.1, 0.15) is 24.8 Å². The average molecular weight is 283 g/mol. The van der Waals surface area contributed by atoms with Crippen LogP contribution in [-0.2, 0) is 10.3 Å². The Morgan fingerprint density at radius 2 is 2.05 bits per heavy atom. The van der Waals surface area contributed by atoms with E-state index in [2.05, 4.69) is 4.99 Å². The van der Waals surface area contributed by atoms with Crippen LogP contribution in [0.15, 0.2) is 23.2 Å². The molecule has 1 atom stereocenters. The lowest BCUT2D eigenvalue weighted by Crippen LogP contribution is -2.49. The van der Waals surface area contributed by atoms with E-state index in [4.69, 9.17) is 20.9 Å². The standard InChI is InChI=1S/C13H15F2N3O2/c14-13(15)7-19-6-11(17)18-12(13)3-4-20-10-2-1-8(16)5-9(10)12/h1-2,5H,3-4,6-7,16H2,(H2,17,18)/t12-/m1/s1. The Kier molecular flexibility index (Phi) is 2.82. The Morgan fingerprint density at radius 1 is 1.25 bits per heavy atom. The van der Waals surface area contributed by atoms with Crippen LogP contribution in [0.5, 0.6) is 5.75 Å². The largest absolute Gasteiger partial charge is 0.493 e. The van der Waals surface area contributed by atoms with E-state index in [-0.39, 0.29) is 31.0 Å². The van der Waals surface area contributed by atoms with Gasteiger partial charge in [-0.2, -0.15) is 0 Å². The molecule has 7 heteroatoms. The molecule has 0 amide bonds. The number of halogens is 2. The molecule has 0 radical (unpaired) electrons. The first-order chi connectivity index (χ1) is 9.45. The summed E-state index contributed by atoms with van der Waals surface area (Å²) in [4.78, 5) is 4.09. The van der Waals surface area contributed by atoms with Crippen molar-refractivity contribution in [1.82, 2.24) is 0 Å². The molecule has 1 aromatic rings. The average Bonchev–Trinajstić information content (AvgIpc) is 2.49. The van der Waals surface area contributed by atoms with Crippen molar-refractivity contribution in [1.29, 1.82) is 0 Å². The summed E-state index contributed by atoms with van der Waals surface area (Å²) in [5.74, 6) is -2.76. The molecule has 0 bridgehead atoms. The van der Waals surface area contributed by atoms with Gasteiger partial charge < -0.3 is 20.9 Å². The third kappa shape index (κ3) is 1.81. The molecule has 0 saturated heterocycles. The van der Waals surface area contributed by atoms with Crippen molar-refractivity contribution in [2.24, 2.45) is 10.7 Å². The van der Waals surface area contributed by atoms with Gasteiger partial charge in [-0.1, -0.05) is 0 Å². The van der Waals surface area contributed by atoms with Crippen LogP contribution in [0.4, 0.5) is 14.5 Å². The maximum Gasteiger partial charge on any atom is 0.299 e. The van der Waals surface area contributed by atoms with E-state index in [9.17, 15) is 8.78 Å². The number of amidine groups is 1. The first kappa shape index (κ1) is 13.1. The summed E-state index contributed by atoms with van der Waals surface area (Å²) in [6.45, 7) is -0.690. The predicted octanol–water partition coefficient (Wildman–Crippen LogP) is 1.27. The van der Waals surface area contributed by atoms with Gasteiger partial charge in [0.15, 0.2) is 5.54 Å². The third-order valence-electron chi connectivity index (χ3n) is 3.64. The Bertz CT molecular complexity index is 577. The molecule has 0 unspecified atom stereocenters. The number of hydrogen-bond donors (Lipinski definition) is 2. The molecule has 3 rings (SSSR count). The van der Waals surface area contributed by atoms with Gasteiger partial charge in [0, 0.05) is 17.7 Å². The zero-order valence-electron chi connectivity index (χ0n) is 10.7. The van der Waals surface area contributed by atoms with Crippen LogP contribution in [0.1, 0.15) is 12.0 Å². The van der Waals surface area contributed by atoms with Gasteiger partial charge >= 0.3 is 0 Å². The Morgan fingerprint density at radius 3 is 2.85 bits per heavy atom. The number of nitrogen functional groups attached to an aromatic ring is 1. The number of nitrogens with zero attached hydrogens (tertiary/aromatic N) is 1. The van der Waals surface area contributed by atoms with Crippen molar-refractivity contribution < 1.29 is 18.3 Å². The zero-order chi connectivity index (χ0) is 14.4. The van der Waals surface area contributed by atoms with E-state index in [1.165, 1.54) is 6.07 Å². The second kappa shape index (κ2) is 4.31. The van der Waals surface area contributed by atoms with Crippen LogP contribution < -0.4 is 16.2 Å². The zero-order valence-corrected chi connectivity index (χ0v) is 10.7. The number of ether oxygens (including phenoxy) is 2. The highest BCUT2D eigenvalue weighted by molar-refractivity contribution is 5.82. The Balaban J connectivity index is 2.25. The van der Waals surface area contributed by atoms with Crippen molar-refractivity contribution in [3.8, 4) is 5.75 Å². The smallest absolute Gasteiger partial charge is 0.299 e. The summed E-state index contributed by atoms with van der Waals surface area (Å²) in [6.07, 6.45) is 0.0283. The van der Waals surface area contributed by atoms with Gasteiger partial charge in [-0.05, 0) is 18.2 Å². The van der Waals surface area contributed by atoms with E-state index in [1.807, 2.05) is 0 Å². The summed E-state index contributed by atoms with van der Waals surface area (Å²) in [5, 5.41) is 0. The number of nitrogens with two attached hydrogens (primary N) is 2. The van der Waals surface area contributed by atoms with Crippen molar-refractivity contribution in [2.45, 2.75) is 17.9 Å². The van der Waals surface area contributed by atoms with Gasteiger partial charge in [0.2, 0.25) is 0 Å². The van der Waals surface area contributed by atoms with Crippen LogP contribution >= 0.6 is 0 Å². The number of hydrogen-bond acceptors (Lipinski definition) is 5. The molecule has 0 fully saturated rings. The van der Waals surface area contributed by atoms with E-state index < -0.39 is 18.1 Å². The second-order valence-electron chi connectivity index (χ2n) is 5.01. The summed E-state index contributed by atoms with van der Waals surface area (Å²) >= 11 is 0. The maximum absolute atomic E-state index is 14.6. The van der Waals surface area contributed by atoms with Gasteiger partial charge in [-0.25, -0.2) is 8.78 Å². The monoisotopic (exact) mass is 283 g/mol. The molecular weight excluding hydrogens is 268 g/mol. The lowest BCUT2D eigenvalue weighted by Gasteiger charge is -2.40. The van der Waals surface area contributed by atoms with E-state index in [0.29, 0.717) is 11.4 Å². The molecule has 2 heterocycles. The fraction of sp³-hybridized carbons (Fsp3) is 0.462. The fourth-order valence-electron chi connectivity index (χ4n) is 2.70. The minimum Gasteiger partial charge on any atom is -0.493 e. The molecule has 1 aromatic carbocycles. The molecule has 0 aliphatic carbocycles. The van der Waals surface area contributed by atoms with Gasteiger partial charge in [0.05, 0.1) is 6.61 Å². The summed E-state index contributed by atoms with van der Waals surface area (Å²) in [7, 11) is 0. The molecule has 20 heavy (non-hydrogen) atoms. The molecule has 4 N–H and O–H groups in total. The number of benzene rings is 1. The molecule has 5 nitrogen and oxygen atoms in total.